The maximum Gasteiger partial charge on any atom is 0.269 e. The quantitative estimate of drug-likeness (QED) is 0.488. The Hall–Kier alpha value is -2.21. The molecule has 0 fully saturated rings. The fraction of sp³-hybridized carbons (Fsp3) is 0.357. The molecule has 20 heavy (non-hydrogen) atoms. The first-order valence-corrected chi connectivity index (χ1v) is 6.15. The van der Waals surface area contributed by atoms with Crippen LogP contribution in [-0.2, 0) is 4.79 Å². The Kier molecular flexibility index (Phi) is 4.99. The summed E-state index contributed by atoms with van der Waals surface area (Å²) in [7, 11) is 0. The van der Waals surface area contributed by atoms with Gasteiger partial charge >= 0.3 is 0 Å². The van der Waals surface area contributed by atoms with E-state index < -0.39 is 16.6 Å². The van der Waals surface area contributed by atoms with E-state index in [0.717, 1.165) is 0 Å². The maximum atomic E-state index is 11.7. The van der Waals surface area contributed by atoms with Crippen molar-refractivity contribution in [1.29, 1.82) is 0 Å². The van der Waals surface area contributed by atoms with E-state index in [9.17, 15) is 20.0 Å². The van der Waals surface area contributed by atoms with Crippen molar-refractivity contribution in [2.75, 3.05) is 0 Å². The van der Waals surface area contributed by atoms with Crippen LogP contribution >= 0.6 is 0 Å². The van der Waals surface area contributed by atoms with Gasteiger partial charge in [-0.05, 0) is 44.5 Å². The molecular weight excluding hydrogens is 260 g/mol. The minimum Gasteiger partial charge on any atom is -0.391 e. The summed E-state index contributed by atoms with van der Waals surface area (Å²) in [6.07, 6.45) is 2.20. The Morgan fingerprint density at radius 3 is 2.40 bits per heavy atom. The second kappa shape index (κ2) is 6.29. The number of aliphatic hydroxyl groups is 1. The lowest BCUT2D eigenvalue weighted by Gasteiger charge is -2.28. The smallest absolute Gasteiger partial charge is 0.269 e. The van der Waals surface area contributed by atoms with Crippen LogP contribution in [0.1, 0.15) is 26.3 Å². The van der Waals surface area contributed by atoms with Crippen LogP contribution < -0.4 is 5.32 Å². The van der Waals surface area contributed by atoms with Crippen LogP contribution in [0.25, 0.3) is 6.08 Å². The van der Waals surface area contributed by atoms with Gasteiger partial charge in [0.05, 0.1) is 16.6 Å². The zero-order valence-corrected chi connectivity index (χ0v) is 11.7. The molecule has 0 bridgehead atoms. The Bertz CT molecular complexity index is 518. The molecule has 1 rings (SSSR count). The highest BCUT2D eigenvalue weighted by molar-refractivity contribution is 5.92. The summed E-state index contributed by atoms with van der Waals surface area (Å²) in [6, 6.07) is 5.86. The summed E-state index contributed by atoms with van der Waals surface area (Å²) in [5, 5.41) is 22.7. The summed E-state index contributed by atoms with van der Waals surface area (Å²) < 4.78 is 0. The van der Waals surface area contributed by atoms with Crippen LogP contribution in [0.5, 0.6) is 0 Å². The number of nitro groups is 1. The molecule has 0 saturated heterocycles. The molecule has 1 aromatic rings. The van der Waals surface area contributed by atoms with E-state index in [2.05, 4.69) is 5.32 Å². The molecule has 108 valence electrons. The average Bonchev–Trinajstić information content (AvgIpc) is 2.36. The number of hydrogen-bond acceptors (Lipinski definition) is 4. The van der Waals surface area contributed by atoms with E-state index >= 15 is 0 Å². The molecule has 6 nitrogen and oxygen atoms in total. The molecule has 0 aliphatic rings. The van der Waals surface area contributed by atoms with Crippen molar-refractivity contribution in [3.05, 3.63) is 46.0 Å². The molecule has 0 radical (unpaired) electrons. The summed E-state index contributed by atoms with van der Waals surface area (Å²) in [5.74, 6) is -0.339. The van der Waals surface area contributed by atoms with Crippen molar-refractivity contribution in [2.24, 2.45) is 0 Å². The Labute approximate surface area is 117 Å². The molecule has 1 aromatic carbocycles. The van der Waals surface area contributed by atoms with Gasteiger partial charge in [0.25, 0.3) is 5.69 Å². The number of nitrogens with one attached hydrogen (secondary N) is 1. The molecule has 1 atom stereocenters. The van der Waals surface area contributed by atoms with Crippen molar-refractivity contribution in [2.45, 2.75) is 32.4 Å². The van der Waals surface area contributed by atoms with Crippen LogP contribution in [0.2, 0.25) is 0 Å². The molecule has 0 heterocycles. The Morgan fingerprint density at radius 2 is 1.95 bits per heavy atom. The molecule has 0 spiro atoms. The van der Waals surface area contributed by atoms with Gasteiger partial charge < -0.3 is 10.4 Å². The van der Waals surface area contributed by atoms with Gasteiger partial charge in [-0.2, -0.15) is 0 Å². The number of non-ortho nitro benzene ring substituents is 1. The summed E-state index contributed by atoms with van der Waals surface area (Å²) in [4.78, 5) is 21.7. The third-order valence-corrected chi connectivity index (χ3v) is 3.02. The van der Waals surface area contributed by atoms with Gasteiger partial charge in [-0.15, -0.1) is 0 Å². The lowest BCUT2D eigenvalue weighted by atomic mass is 9.99. The molecule has 1 unspecified atom stereocenters. The van der Waals surface area contributed by atoms with E-state index in [-0.39, 0.29) is 11.6 Å². The standard InChI is InChI=1S/C14H18N2O4/c1-10(17)14(2,3)15-13(18)9-6-11-4-7-12(8-5-11)16(19)20/h4-10,17H,1-3H3,(H,15,18)/b9-6+. The third-order valence-electron chi connectivity index (χ3n) is 3.02. The number of rotatable bonds is 5. The molecule has 0 aliphatic heterocycles. The molecule has 2 N–H and O–H groups in total. The van der Waals surface area contributed by atoms with Crippen molar-refractivity contribution in [3.8, 4) is 0 Å². The molecule has 6 heteroatoms. The molecule has 0 aliphatic carbocycles. The van der Waals surface area contributed by atoms with E-state index in [0.29, 0.717) is 5.56 Å². The van der Waals surface area contributed by atoms with Crippen molar-refractivity contribution in [3.63, 3.8) is 0 Å². The normalized spacial score (nSPS) is 13.2. The lowest BCUT2D eigenvalue weighted by Crippen LogP contribution is -2.50. The minimum atomic E-state index is -0.725. The van der Waals surface area contributed by atoms with Gasteiger partial charge in [0.15, 0.2) is 0 Å². The predicted octanol–water partition coefficient (Wildman–Crippen LogP) is 1.88. The zero-order chi connectivity index (χ0) is 15.3. The number of nitro benzene ring substituents is 1. The van der Waals surface area contributed by atoms with E-state index in [1.54, 1.807) is 39.0 Å². The maximum absolute atomic E-state index is 11.7. The SMILES string of the molecule is CC(O)C(C)(C)NC(=O)/C=C/c1ccc([N+](=O)[O-])cc1. The topological polar surface area (TPSA) is 92.5 Å². The summed E-state index contributed by atoms with van der Waals surface area (Å²) >= 11 is 0. The second-order valence-electron chi connectivity index (χ2n) is 5.07. The minimum absolute atomic E-state index is 0.00170. The molecule has 1 amide bonds. The van der Waals surface area contributed by atoms with Gasteiger partial charge in [0.1, 0.15) is 0 Å². The fourth-order valence-electron chi connectivity index (χ4n) is 1.34. The van der Waals surface area contributed by atoms with Gasteiger partial charge in [0, 0.05) is 18.2 Å². The number of hydrogen-bond donors (Lipinski definition) is 2. The molecule has 0 aromatic heterocycles. The number of aliphatic hydroxyl groups excluding tert-OH is 1. The van der Waals surface area contributed by atoms with Gasteiger partial charge in [0.2, 0.25) is 5.91 Å². The van der Waals surface area contributed by atoms with E-state index in [1.807, 2.05) is 0 Å². The molecule has 0 saturated carbocycles. The number of carbonyl (C=O) groups excluding carboxylic acids is 1. The second-order valence-corrected chi connectivity index (χ2v) is 5.07. The first-order valence-electron chi connectivity index (χ1n) is 6.15. The largest absolute Gasteiger partial charge is 0.391 e. The number of nitrogens with zero attached hydrogens (tertiary/aromatic N) is 1. The third kappa shape index (κ3) is 4.47. The van der Waals surface area contributed by atoms with Crippen molar-refractivity contribution >= 4 is 17.7 Å². The van der Waals surface area contributed by atoms with E-state index in [1.165, 1.54) is 18.2 Å². The highest BCUT2D eigenvalue weighted by Gasteiger charge is 2.24. The number of benzene rings is 1. The van der Waals surface area contributed by atoms with E-state index in [4.69, 9.17) is 0 Å². The fourth-order valence-corrected chi connectivity index (χ4v) is 1.34. The zero-order valence-electron chi connectivity index (χ0n) is 11.7. The summed E-state index contributed by atoms with van der Waals surface area (Å²) in [5.41, 5.74) is -0.0425. The number of carbonyl (C=O) groups is 1. The summed E-state index contributed by atoms with van der Waals surface area (Å²) in [6.45, 7) is 5.03. The Morgan fingerprint density at radius 1 is 1.40 bits per heavy atom. The molecular formula is C14H18N2O4. The Balaban J connectivity index is 2.68. The van der Waals surface area contributed by atoms with Crippen LogP contribution in [-0.4, -0.2) is 27.6 Å². The first kappa shape index (κ1) is 15.8. The van der Waals surface area contributed by atoms with Crippen molar-refractivity contribution in [1.82, 2.24) is 5.32 Å². The average molecular weight is 278 g/mol. The lowest BCUT2D eigenvalue weighted by molar-refractivity contribution is -0.384. The van der Waals surface area contributed by atoms with Gasteiger partial charge in [-0.1, -0.05) is 0 Å². The van der Waals surface area contributed by atoms with Gasteiger partial charge in [-0.3, -0.25) is 14.9 Å². The number of amides is 1. The van der Waals surface area contributed by atoms with Gasteiger partial charge in [-0.25, -0.2) is 0 Å². The van der Waals surface area contributed by atoms with Crippen molar-refractivity contribution < 1.29 is 14.8 Å². The van der Waals surface area contributed by atoms with Crippen LogP contribution in [0.15, 0.2) is 30.3 Å². The highest BCUT2D eigenvalue weighted by Crippen LogP contribution is 2.13. The highest BCUT2D eigenvalue weighted by atomic mass is 16.6. The van der Waals surface area contributed by atoms with Crippen LogP contribution in [0.4, 0.5) is 5.69 Å². The predicted molar refractivity (Wildman–Crippen MR) is 76.0 cm³/mol. The van der Waals surface area contributed by atoms with Crippen LogP contribution in [0, 0.1) is 10.1 Å². The first-order chi connectivity index (χ1) is 9.22. The van der Waals surface area contributed by atoms with Crippen LogP contribution in [0.3, 0.4) is 0 Å². The monoisotopic (exact) mass is 278 g/mol.